The molecular weight excluding hydrogens is 266 g/mol. The first-order valence-corrected chi connectivity index (χ1v) is 6.11. The van der Waals surface area contributed by atoms with Crippen LogP contribution in [0.1, 0.15) is 22.5 Å². The number of carbonyl (C=O) groups is 1. The van der Waals surface area contributed by atoms with Gasteiger partial charge in [-0.3, -0.25) is 9.78 Å². The number of halogens is 1. The lowest BCUT2D eigenvalue weighted by Gasteiger charge is -2.23. The minimum absolute atomic E-state index is 0. The highest BCUT2D eigenvalue weighted by atomic mass is 35.5. The van der Waals surface area contributed by atoms with E-state index in [1.54, 1.807) is 18.3 Å². The Balaban J connectivity index is 0.00000180. The van der Waals surface area contributed by atoms with Crippen molar-refractivity contribution in [1.29, 1.82) is 5.26 Å². The summed E-state index contributed by atoms with van der Waals surface area (Å²) in [6.45, 7) is 4.19. The van der Waals surface area contributed by atoms with Gasteiger partial charge in [0.1, 0.15) is 24.9 Å². The standard InChI is InChI=1S/C13H15N3O2.ClH/c14-10-11-2-1-4-15-13(11)12(17)3-5-16-6-8-18-9-7-16;/h1-2,4H,3,5-9H2;1H. The molecule has 19 heavy (non-hydrogen) atoms. The quantitative estimate of drug-likeness (QED) is 0.580. The fourth-order valence-electron chi connectivity index (χ4n) is 2.04. The number of hydrogen-bond donors (Lipinski definition) is 1. The van der Waals surface area contributed by atoms with Crippen molar-refractivity contribution in [1.82, 2.24) is 4.98 Å². The minimum Gasteiger partial charge on any atom is -1.00 e. The van der Waals surface area contributed by atoms with Crippen molar-refractivity contribution in [3.63, 3.8) is 0 Å². The molecule has 0 atom stereocenters. The van der Waals surface area contributed by atoms with Gasteiger partial charge in [0.05, 0.1) is 31.7 Å². The number of ether oxygens (including phenoxy) is 1. The van der Waals surface area contributed by atoms with Crippen molar-refractivity contribution in [3.05, 3.63) is 29.6 Å². The van der Waals surface area contributed by atoms with Crippen molar-refractivity contribution in [2.24, 2.45) is 0 Å². The largest absolute Gasteiger partial charge is 1.00 e. The van der Waals surface area contributed by atoms with Crippen LogP contribution in [0.2, 0.25) is 0 Å². The van der Waals surface area contributed by atoms with Gasteiger partial charge in [-0.05, 0) is 12.1 Å². The Morgan fingerprint density at radius 2 is 2.21 bits per heavy atom. The Morgan fingerprint density at radius 3 is 2.89 bits per heavy atom. The molecule has 0 bridgehead atoms. The molecule has 1 aromatic rings. The number of nitriles is 1. The summed E-state index contributed by atoms with van der Waals surface area (Å²) in [4.78, 5) is 17.4. The number of quaternary nitrogens is 1. The second-order valence-electron chi connectivity index (χ2n) is 4.30. The molecule has 102 valence electrons. The molecule has 2 rings (SSSR count). The zero-order valence-electron chi connectivity index (χ0n) is 10.6. The van der Waals surface area contributed by atoms with Crippen molar-refractivity contribution in [3.8, 4) is 6.07 Å². The Labute approximate surface area is 118 Å². The van der Waals surface area contributed by atoms with Gasteiger partial charge in [0.25, 0.3) is 0 Å². The highest BCUT2D eigenvalue weighted by Gasteiger charge is 2.18. The fraction of sp³-hybridized carbons (Fsp3) is 0.462. The molecule has 0 saturated carbocycles. The Morgan fingerprint density at radius 1 is 1.47 bits per heavy atom. The zero-order chi connectivity index (χ0) is 12.8. The molecule has 1 N–H and O–H groups in total. The van der Waals surface area contributed by atoms with E-state index in [2.05, 4.69) is 4.98 Å². The van der Waals surface area contributed by atoms with E-state index in [-0.39, 0.29) is 18.2 Å². The molecule has 0 unspecified atom stereocenters. The van der Waals surface area contributed by atoms with E-state index in [0.717, 1.165) is 32.8 Å². The van der Waals surface area contributed by atoms with Crippen LogP contribution in [0.4, 0.5) is 0 Å². The summed E-state index contributed by atoms with van der Waals surface area (Å²) >= 11 is 0. The van der Waals surface area contributed by atoms with Crippen LogP contribution in [0.25, 0.3) is 0 Å². The summed E-state index contributed by atoms with van der Waals surface area (Å²) in [6, 6.07) is 5.30. The predicted octanol–water partition coefficient (Wildman–Crippen LogP) is -3.55. The summed E-state index contributed by atoms with van der Waals surface area (Å²) < 4.78 is 5.27. The highest BCUT2D eigenvalue weighted by Crippen LogP contribution is 2.05. The number of aromatic nitrogens is 1. The van der Waals surface area contributed by atoms with E-state index < -0.39 is 0 Å². The third kappa shape index (κ3) is 4.28. The van der Waals surface area contributed by atoms with Gasteiger partial charge in [-0.15, -0.1) is 0 Å². The molecule has 1 aliphatic heterocycles. The second-order valence-corrected chi connectivity index (χ2v) is 4.30. The van der Waals surface area contributed by atoms with Crippen molar-refractivity contribution < 1.29 is 26.8 Å². The SMILES string of the molecule is N#Cc1cccnc1C(=O)CC[NH+]1CCOCC1.[Cl-]. The first-order valence-electron chi connectivity index (χ1n) is 6.11. The van der Waals surface area contributed by atoms with Crippen LogP contribution in [0.3, 0.4) is 0 Å². The average molecular weight is 282 g/mol. The molecule has 2 heterocycles. The van der Waals surface area contributed by atoms with Crippen LogP contribution in [0, 0.1) is 11.3 Å². The molecule has 1 aromatic heterocycles. The van der Waals surface area contributed by atoms with Gasteiger partial charge < -0.3 is 22.0 Å². The number of hydrogen-bond acceptors (Lipinski definition) is 4. The Kier molecular flexibility index (Phi) is 6.43. The smallest absolute Gasteiger partial charge is 0.188 e. The maximum Gasteiger partial charge on any atom is 0.188 e. The van der Waals surface area contributed by atoms with Crippen molar-refractivity contribution in [2.45, 2.75) is 6.42 Å². The van der Waals surface area contributed by atoms with Gasteiger partial charge in [-0.1, -0.05) is 0 Å². The normalized spacial score (nSPS) is 15.3. The number of carbonyl (C=O) groups excluding carboxylic acids is 1. The van der Waals surface area contributed by atoms with Crippen molar-refractivity contribution in [2.75, 3.05) is 32.8 Å². The number of morpholine rings is 1. The van der Waals surface area contributed by atoms with Gasteiger partial charge in [-0.2, -0.15) is 5.26 Å². The molecule has 5 nitrogen and oxygen atoms in total. The second kappa shape index (κ2) is 7.85. The topological polar surface area (TPSA) is 67.4 Å². The number of rotatable bonds is 4. The molecule has 0 amide bonds. The lowest BCUT2D eigenvalue weighted by atomic mass is 10.1. The Hall–Kier alpha value is -1.48. The van der Waals surface area contributed by atoms with Crippen LogP contribution in [-0.2, 0) is 4.74 Å². The molecular formula is C13H16ClN3O2. The molecule has 0 radical (unpaired) electrons. The van der Waals surface area contributed by atoms with Gasteiger partial charge in [0, 0.05) is 6.20 Å². The summed E-state index contributed by atoms with van der Waals surface area (Å²) in [5.41, 5.74) is 0.659. The highest BCUT2D eigenvalue weighted by molar-refractivity contribution is 5.96. The van der Waals surface area contributed by atoms with E-state index in [1.165, 1.54) is 4.90 Å². The van der Waals surface area contributed by atoms with E-state index in [0.29, 0.717) is 17.7 Å². The van der Waals surface area contributed by atoms with Crippen molar-refractivity contribution >= 4 is 5.78 Å². The van der Waals surface area contributed by atoms with Gasteiger partial charge >= 0.3 is 0 Å². The van der Waals surface area contributed by atoms with E-state index >= 15 is 0 Å². The summed E-state index contributed by atoms with van der Waals surface area (Å²) in [7, 11) is 0. The lowest BCUT2D eigenvalue weighted by molar-refractivity contribution is -0.907. The maximum atomic E-state index is 12.0. The molecule has 1 fully saturated rings. The monoisotopic (exact) mass is 281 g/mol. The van der Waals surface area contributed by atoms with Crippen LogP contribution in [0.5, 0.6) is 0 Å². The van der Waals surface area contributed by atoms with Crippen LogP contribution in [-0.4, -0.2) is 43.6 Å². The predicted molar refractivity (Wildman–Crippen MR) is 64.3 cm³/mol. The molecule has 6 heteroatoms. The van der Waals surface area contributed by atoms with Gasteiger partial charge in [0.15, 0.2) is 5.78 Å². The summed E-state index contributed by atoms with van der Waals surface area (Å²) in [5.74, 6) is -0.0499. The summed E-state index contributed by atoms with van der Waals surface area (Å²) in [6.07, 6.45) is 1.98. The first kappa shape index (κ1) is 15.6. The first-order chi connectivity index (χ1) is 8.81. The number of ketones is 1. The number of Topliss-reactive ketones (excluding diaryl/α,β-unsaturated/α-hetero) is 1. The third-order valence-electron chi connectivity index (χ3n) is 3.10. The minimum atomic E-state index is -0.0499. The molecule has 1 saturated heterocycles. The van der Waals surface area contributed by atoms with Gasteiger partial charge in [-0.25, -0.2) is 0 Å². The van der Waals surface area contributed by atoms with E-state index in [4.69, 9.17) is 10.00 Å². The average Bonchev–Trinajstić information content (AvgIpc) is 2.45. The molecule has 0 spiro atoms. The number of pyridine rings is 1. The zero-order valence-corrected chi connectivity index (χ0v) is 11.3. The molecule has 1 aliphatic rings. The number of nitrogens with one attached hydrogen (secondary N) is 1. The Bertz CT molecular complexity index is 467. The van der Waals surface area contributed by atoms with Crippen LogP contribution in [0.15, 0.2) is 18.3 Å². The lowest BCUT2D eigenvalue weighted by Crippen LogP contribution is -3.14. The van der Waals surface area contributed by atoms with Crippen LogP contribution >= 0.6 is 0 Å². The fourth-order valence-corrected chi connectivity index (χ4v) is 2.04. The molecule has 0 aromatic carbocycles. The maximum absolute atomic E-state index is 12.0. The van der Waals surface area contributed by atoms with E-state index in [1.807, 2.05) is 6.07 Å². The van der Waals surface area contributed by atoms with Gasteiger partial charge in [0.2, 0.25) is 0 Å². The number of nitrogens with zero attached hydrogens (tertiary/aromatic N) is 2. The molecule has 0 aliphatic carbocycles. The van der Waals surface area contributed by atoms with E-state index in [9.17, 15) is 4.79 Å². The summed E-state index contributed by atoms with van der Waals surface area (Å²) in [5, 5.41) is 8.92. The third-order valence-corrected chi connectivity index (χ3v) is 3.10. The van der Waals surface area contributed by atoms with Crippen LogP contribution < -0.4 is 17.3 Å².